The molecule has 0 bridgehead atoms. The van der Waals surface area contributed by atoms with Crippen LogP contribution in [0, 0.1) is 6.42 Å². The number of hydrogen-bond donors (Lipinski definition) is 0. The van der Waals surface area contributed by atoms with Crippen molar-refractivity contribution in [2.45, 2.75) is 26.7 Å². The van der Waals surface area contributed by atoms with Gasteiger partial charge in [0, 0.05) is 6.42 Å². The number of allylic oxidation sites excluding steroid dienone is 4. The molecule has 0 heterocycles. The minimum atomic E-state index is 1.18. The van der Waals surface area contributed by atoms with Crippen LogP contribution in [0.1, 0.15) is 26.7 Å². The highest BCUT2D eigenvalue weighted by molar-refractivity contribution is 5.42. The SMILES string of the molecule is CCC1=C[CH]C=C1CC. The smallest absolute Gasteiger partial charge is 0.00564 e. The number of hydrogen-bond acceptors (Lipinski definition) is 0. The van der Waals surface area contributed by atoms with Gasteiger partial charge in [-0.3, -0.25) is 0 Å². The Bertz CT molecular complexity index is 131. The van der Waals surface area contributed by atoms with Crippen LogP contribution in [0.3, 0.4) is 0 Å². The first kappa shape index (κ1) is 6.60. The molecule has 0 amide bonds. The van der Waals surface area contributed by atoms with Gasteiger partial charge in [0.1, 0.15) is 0 Å². The van der Waals surface area contributed by atoms with E-state index < -0.39 is 0 Å². The fourth-order valence-electron chi connectivity index (χ4n) is 1.18. The molecule has 0 unspecified atom stereocenters. The zero-order valence-corrected chi connectivity index (χ0v) is 6.15. The van der Waals surface area contributed by atoms with Gasteiger partial charge in [-0.15, -0.1) is 0 Å². The maximum atomic E-state index is 2.21. The van der Waals surface area contributed by atoms with Gasteiger partial charge in [-0.05, 0) is 24.0 Å². The molecule has 0 aromatic rings. The summed E-state index contributed by atoms with van der Waals surface area (Å²) in [6.45, 7) is 4.41. The topological polar surface area (TPSA) is 0 Å². The molecule has 0 N–H and O–H groups in total. The largest absolute Gasteiger partial charge is 0.0732 e. The van der Waals surface area contributed by atoms with Crippen molar-refractivity contribution in [1.29, 1.82) is 0 Å². The summed E-state index contributed by atoms with van der Waals surface area (Å²) in [5, 5.41) is 0. The van der Waals surface area contributed by atoms with Crippen LogP contribution in [0.4, 0.5) is 0 Å². The van der Waals surface area contributed by atoms with Gasteiger partial charge in [-0.1, -0.05) is 26.0 Å². The van der Waals surface area contributed by atoms with Crippen LogP contribution in [-0.4, -0.2) is 0 Å². The van der Waals surface area contributed by atoms with Crippen molar-refractivity contribution in [2.24, 2.45) is 0 Å². The van der Waals surface area contributed by atoms with Crippen molar-refractivity contribution in [3.05, 3.63) is 29.7 Å². The standard InChI is InChI=1S/C9H13/c1-3-8-6-5-7-9(8)4-2/h5-7H,3-4H2,1-2H3. The normalized spacial score (nSPS) is 17.6. The zero-order chi connectivity index (χ0) is 6.69. The maximum absolute atomic E-state index is 2.21. The quantitative estimate of drug-likeness (QED) is 0.527. The van der Waals surface area contributed by atoms with E-state index in [4.69, 9.17) is 0 Å². The Morgan fingerprint density at radius 1 is 1.00 bits per heavy atom. The van der Waals surface area contributed by atoms with Crippen molar-refractivity contribution in [3.8, 4) is 0 Å². The highest BCUT2D eigenvalue weighted by Gasteiger charge is 2.04. The second-order valence-corrected chi connectivity index (χ2v) is 2.28. The second kappa shape index (κ2) is 2.86. The Morgan fingerprint density at radius 2 is 1.44 bits per heavy atom. The lowest BCUT2D eigenvalue weighted by molar-refractivity contribution is 1.04. The first-order valence-electron chi connectivity index (χ1n) is 3.62. The summed E-state index contributed by atoms with van der Waals surface area (Å²) in [7, 11) is 0. The summed E-state index contributed by atoms with van der Waals surface area (Å²) >= 11 is 0. The third kappa shape index (κ3) is 1.24. The predicted octanol–water partition coefficient (Wildman–Crippen LogP) is 2.88. The summed E-state index contributed by atoms with van der Waals surface area (Å²) in [6.07, 6.45) is 8.90. The van der Waals surface area contributed by atoms with Gasteiger partial charge in [0.25, 0.3) is 0 Å². The van der Waals surface area contributed by atoms with Gasteiger partial charge in [-0.2, -0.15) is 0 Å². The van der Waals surface area contributed by atoms with Crippen LogP contribution in [-0.2, 0) is 0 Å². The van der Waals surface area contributed by atoms with Crippen molar-refractivity contribution in [1.82, 2.24) is 0 Å². The van der Waals surface area contributed by atoms with Crippen molar-refractivity contribution in [3.63, 3.8) is 0 Å². The summed E-state index contributed by atoms with van der Waals surface area (Å²) in [6, 6.07) is 0. The summed E-state index contributed by atoms with van der Waals surface area (Å²) in [5.74, 6) is 0. The monoisotopic (exact) mass is 121 g/mol. The Balaban J connectivity index is 2.62. The van der Waals surface area contributed by atoms with Gasteiger partial charge >= 0.3 is 0 Å². The molecule has 0 saturated heterocycles. The Morgan fingerprint density at radius 3 is 1.78 bits per heavy atom. The fraction of sp³-hybridized carbons (Fsp3) is 0.444. The van der Waals surface area contributed by atoms with Crippen molar-refractivity contribution < 1.29 is 0 Å². The van der Waals surface area contributed by atoms with E-state index in [-0.39, 0.29) is 0 Å². The average Bonchev–Trinajstić information content (AvgIpc) is 2.33. The van der Waals surface area contributed by atoms with Crippen LogP contribution in [0.25, 0.3) is 0 Å². The van der Waals surface area contributed by atoms with Gasteiger partial charge in [-0.25, -0.2) is 0 Å². The first-order chi connectivity index (χ1) is 4.38. The molecule has 1 aliphatic rings. The maximum Gasteiger partial charge on any atom is 0.00564 e. The molecule has 0 aromatic heterocycles. The molecule has 0 saturated carbocycles. The van der Waals surface area contributed by atoms with E-state index >= 15 is 0 Å². The highest BCUT2D eigenvalue weighted by Crippen LogP contribution is 2.23. The Hall–Kier alpha value is -0.520. The van der Waals surface area contributed by atoms with Crippen LogP contribution in [0.15, 0.2) is 23.3 Å². The van der Waals surface area contributed by atoms with Crippen LogP contribution >= 0.6 is 0 Å². The molecule has 9 heavy (non-hydrogen) atoms. The summed E-state index contributed by atoms with van der Waals surface area (Å²) in [5.41, 5.74) is 3.02. The van der Waals surface area contributed by atoms with Crippen LogP contribution in [0.2, 0.25) is 0 Å². The highest BCUT2D eigenvalue weighted by atomic mass is 14.1. The van der Waals surface area contributed by atoms with E-state index in [0.29, 0.717) is 0 Å². The molecule has 0 spiro atoms. The molecular formula is C9H13. The van der Waals surface area contributed by atoms with Gasteiger partial charge < -0.3 is 0 Å². The number of rotatable bonds is 2. The predicted molar refractivity (Wildman–Crippen MR) is 41.0 cm³/mol. The lowest BCUT2D eigenvalue weighted by Crippen LogP contribution is -1.80. The van der Waals surface area contributed by atoms with Gasteiger partial charge in [0.2, 0.25) is 0 Å². The minimum absolute atomic E-state index is 1.18. The third-order valence-corrected chi connectivity index (χ3v) is 1.77. The summed E-state index contributed by atoms with van der Waals surface area (Å²) < 4.78 is 0. The molecule has 1 aliphatic carbocycles. The van der Waals surface area contributed by atoms with E-state index in [1.165, 1.54) is 24.0 Å². The van der Waals surface area contributed by atoms with Gasteiger partial charge in [0.15, 0.2) is 0 Å². The summed E-state index contributed by atoms with van der Waals surface area (Å²) in [4.78, 5) is 0. The lowest BCUT2D eigenvalue weighted by atomic mass is 10.1. The zero-order valence-electron chi connectivity index (χ0n) is 6.15. The molecule has 0 heteroatoms. The van der Waals surface area contributed by atoms with Crippen LogP contribution in [0.5, 0.6) is 0 Å². The molecule has 49 valence electrons. The lowest BCUT2D eigenvalue weighted by Gasteiger charge is -2.00. The molecule has 1 rings (SSSR count). The Kier molecular flexibility index (Phi) is 2.10. The van der Waals surface area contributed by atoms with Crippen molar-refractivity contribution >= 4 is 0 Å². The molecule has 1 radical (unpaired) electrons. The fourth-order valence-corrected chi connectivity index (χ4v) is 1.18. The first-order valence-corrected chi connectivity index (χ1v) is 3.62. The molecule has 0 atom stereocenters. The average molecular weight is 121 g/mol. The molecular weight excluding hydrogens is 108 g/mol. The molecule has 0 aromatic carbocycles. The third-order valence-electron chi connectivity index (χ3n) is 1.77. The van der Waals surface area contributed by atoms with E-state index in [2.05, 4.69) is 32.4 Å². The van der Waals surface area contributed by atoms with E-state index in [1.54, 1.807) is 0 Å². The van der Waals surface area contributed by atoms with Crippen molar-refractivity contribution in [2.75, 3.05) is 0 Å². The van der Waals surface area contributed by atoms with E-state index in [1.807, 2.05) is 0 Å². The van der Waals surface area contributed by atoms with Gasteiger partial charge in [0.05, 0.1) is 0 Å². The minimum Gasteiger partial charge on any atom is -0.0732 e. The molecule has 0 aliphatic heterocycles. The molecule has 0 fully saturated rings. The van der Waals surface area contributed by atoms with E-state index in [0.717, 1.165) is 0 Å². The molecule has 0 nitrogen and oxygen atoms in total. The van der Waals surface area contributed by atoms with Crippen LogP contribution < -0.4 is 0 Å². The Labute approximate surface area is 57.3 Å². The second-order valence-electron chi connectivity index (χ2n) is 2.28. The van der Waals surface area contributed by atoms with E-state index in [9.17, 15) is 0 Å².